The molecule has 0 unspecified atom stereocenters. The molecule has 4 rings (SSSR count). The van der Waals surface area contributed by atoms with Crippen LogP contribution < -0.4 is 5.32 Å². The lowest BCUT2D eigenvalue weighted by Crippen LogP contribution is -2.35. The quantitative estimate of drug-likeness (QED) is 0.791. The summed E-state index contributed by atoms with van der Waals surface area (Å²) in [7, 11) is 0. The van der Waals surface area contributed by atoms with Gasteiger partial charge in [-0.05, 0) is 50.5 Å². The third-order valence-electron chi connectivity index (χ3n) is 5.74. The predicted octanol–water partition coefficient (Wildman–Crippen LogP) is 1.73. The van der Waals surface area contributed by atoms with Crippen molar-refractivity contribution in [2.75, 3.05) is 45.9 Å². The van der Waals surface area contributed by atoms with Crippen LogP contribution in [0.15, 0.2) is 0 Å². The lowest BCUT2D eigenvalue weighted by Gasteiger charge is -2.29. The minimum Gasteiger partial charge on any atom is -0.381 e. The van der Waals surface area contributed by atoms with Crippen LogP contribution in [0.5, 0.6) is 0 Å². The van der Waals surface area contributed by atoms with Crippen LogP contribution in [-0.2, 0) is 4.74 Å². The fourth-order valence-electron chi connectivity index (χ4n) is 4.09. The Labute approximate surface area is 117 Å². The zero-order valence-corrected chi connectivity index (χ0v) is 12.1. The van der Waals surface area contributed by atoms with Gasteiger partial charge in [-0.15, -0.1) is 0 Å². The summed E-state index contributed by atoms with van der Waals surface area (Å²) in [4.78, 5) is 2.75. The number of ether oxygens (including phenoxy) is 1. The predicted molar refractivity (Wildman–Crippen MR) is 76.1 cm³/mol. The van der Waals surface area contributed by atoms with Crippen molar-refractivity contribution < 1.29 is 4.74 Å². The first-order valence-electron chi connectivity index (χ1n) is 8.35. The number of hydrogen-bond donors (Lipinski definition) is 1. The number of nitrogens with one attached hydrogen (secondary N) is 1. The lowest BCUT2D eigenvalue weighted by atomic mass is 9.78. The van der Waals surface area contributed by atoms with Crippen LogP contribution in [-0.4, -0.2) is 50.8 Å². The largest absolute Gasteiger partial charge is 0.381 e. The maximum Gasteiger partial charge on any atom is 0.0512 e. The highest BCUT2D eigenvalue weighted by atomic mass is 16.5. The second-order valence-electron chi connectivity index (χ2n) is 7.60. The van der Waals surface area contributed by atoms with Crippen molar-refractivity contribution in [3.63, 3.8) is 0 Å². The Kier molecular flexibility index (Phi) is 3.33. The number of nitrogens with zero attached hydrogens (tertiary/aromatic N) is 1. The molecule has 4 fully saturated rings. The molecule has 2 aliphatic carbocycles. The van der Waals surface area contributed by atoms with Gasteiger partial charge in [-0.25, -0.2) is 0 Å². The second kappa shape index (κ2) is 5.01. The fraction of sp³-hybridized carbons (Fsp3) is 1.00. The molecule has 0 amide bonds. The van der Waals surface area contributed by atoms with E-state index in [0.29, 0.717) is 5.41 Å². The molecule has 4 aliphatic rings. The summed E-state index contributed by atoms with van der Waals surface area (Å²) >= 11 is 0. The molecular formula is C16H28N2O. The molecule has 0 aromatic carbocycles. The standard InChI is InChI=1S/C16H28N2O/c1-2-13(1)7-18-8-15(10-19-9-14-3-4-14)16(12-18)5-6-17-11-16/h13-15,17H,1-12H2/t15-,16+/m1/s1. The molecule has 1 spiro atoms. The first kappa shape index (κ1) is 12.6. The van der Waals surface area contributed by atoms with Gasteiger partial charge in [0.25, 0.3) is 0 Å². The van der Waals surface area contributed by atoms with E-state index in [0.717, 1.165) is 31.0 Å². The van der Waals surface area contributed by atoms with Gasteiger partial charge in [0.15, 0.2) is 0 Å². The number of likely N-dealkylation sites (tertiary alicyclic amines) is 1. The van der Waals surface area contributed by atoms with Crippen LogP contribution in [0, 0.1) is 23.2 Å². The summed E-state index contributed by atoms with van der Waals surface area (Å²) in [5, 5.41) is 3.60. The van der Waals surface area contributed by atoms with Crippen LogP contribution in [0.3, 0.4) is 0 Å². The molecule has 3 nitrogen and oxygen atoms in total. The Morgan fingerprint density at radius 3 is 2.63 bits per heavy atom. The maximum atomic E-state index is 6.04. The molecule has 2 atom stereocenters. The molecule has 0 bridgehead atoms. The number of rotatable bonds is 6. The Balaban J connectivity index is 1.34. The van der Waals surface area contributed by atoms with Gasteiger partial charge in [-0.3, -0.25) is 0 Å². The van der Waals surface area contributed by atoms with E-state index in [1.807, 2.05) is 0 Å². The first-order valence-corrected chi connectivity index (χ1v) is 8.35. The monoisotopic (exact) mass is 264 g/mol. The van der Waals surface area contributed by atoms with Crippen LogP contribution in [0.4, 0.5) is 0 Å². The van der Waals surface area contributed by atoms with Gasteiger partial charge in [0.1, 0.15) is 0 Å². The van der Waals surface area contributed by atoms with E-state index in [1.165, 1.54) is 64.8 Å². The van der Waals surface area contributed by atoms with Gasteiger partial charge < -0.3 is 15.0 Å². The molecule has 0 aromatic heterocycles. The van der Waals surface area contributed by atoms with Crippen molar-refractivity contribution in [2.24, 2.45) is 23.2 Å². The van der Waals surface area contributed by atoms with E-state index in [2.05, 4.69) is 10.2 Å². The summed E-state index contributed by atoms with van der Waals surface area (Å²) in [6.07, 6.45) is 7.14. The third kappa shape index (κ3) is 2.84. The molecule has 1 N–H and O–H groups in total. The smallest absolute Gasteiger partial charge is 0.0512 e. The Morgan fingerprint density at radius 1 is 1.11 bits per heavy atom. The van der Waals surface area contributed by atoms with Crippen LogP contribution in [0.2, 0.25) is 0 Å². The first-order chi connectivity index (χ1) is 9.34. The van der Waals surface area contributed by atoms with Crippen molar-refractivity contribution in [1.82, 2.24) is 10.2 Å². The zero-order valence-electron chi connectivity index (χ0n) is 12.1. The molecule has 0 aromatic rings. The van der Waals surface area contributed by atoms with Gasteiger partial charge >= 0.3 is 0 Å². The van der Waals surface area contributed by atoms with Crippen LogP contribution >= 0.6 is 0 Å². The molecule has 2 saturated carbocycles. The van der Waals surface area contributed by atoms with E-state index in [-0.39, 0.29) is 0 Å². The minimum absolute atomic E-state index is 0.540. The minimum atomic E-state index is 0.540. The van der Waals surface area contributed by atoms with E-state index in [9.17, 15) is 0 Å². The molecule has 2 aliphatic heterocycles. The molecular weight excluding hydrogens is 236 g/mol. The van der Waals surface area contributed by atoms with Crippen molar-refractivity contribution in [1.29, 1.82) is 0 Å². The highest BCUT2D eigenvalue weighted by molar-refractivity contribution is 5.02. The topological polar surface area (TPSA) is 24.5 Å². The average Bonchev–Trinajstić information content (AvgIpc) is 3.31. The van der Waals surface area contributed by atoms with Gasteiger partial charge in [0, 0.05) is 44.1 Å². The highest BCUT2D eigenvalue weighted by Gasteiger charge is 2.48. The highest BCUT2D eigenvalue weighted by Crippen LogP contribution is 2.43. The van der Waals surface area contributed by atoms with E-state index in [1.54, 1.807) is 0 Å². The SMILES string of the molecule is C1C[C@]2(CN1)CN(CC1CC1)C[C@@H]2COCC1CC1. The van der Waals surface area contributed by atoms with Gasteiger partial charge in [-0.2, -0.15) is 0 Å². The molecule has 0 radical (unpaired) electrons. The maximum absolute atomic E-state index is 6.04. The van der Waals surface area contributed by atoms with Crippen molar-refractivity contribution in [3.05, 3.63) is 0 Å². The zero-order chi connectivity index (χ0) is 12.7. The summed E-state index contributed by atoms with van der Waals surface area (Å²) in [5.41, 5.74) is 0.540. The molecule has 108 valence electrons. The summed E-state index contributed by atoms with van der Waals surface area (Å²) in [6.45, 7) is 8.47. The van der Waals surface area contributed by atoms with Crippen molar-refractivity contribution in [2.45, 2.75) is 32.1 Å². The average molecular weight is 264 g/mol. The molecule has 19 heavy (non-hydrogen) atoms. The van der Waals surface area contributed by atoms with Gasteiger partial charge in [-0.1, -0.05) is 0 Å². The Hall–Kier alpha value is -0.120. The third-order valence-corrected chi connectivity index (χ3v) is 5.74. The Bertz CT molecular complexity index is 319. The lowest BCUT2D eigenvalue weighted by molar-refractivity contribution is 0.0597. The van der Waals surface area contributed by atoms with Crippen molar-refractivity contribution >= 4 is 0 Å². The second-order valence-corrected chi connectivity index (χ2v) is 7.60. The van der Waals surface area contributed by atoms with E-state index in [4.69, 9.17) is 4.74 Å². The van der Waals surface area contributed by atoms with Gasteiger partial charge in [0.2, 0.25) is 0 Å². The Morgan fingerprint density at radius 2 is 1.95 bits per heavy atom. The normalized spacial score (nSPS) is 39.5. The molecule has 2 saturated heterocycles. The molecule has 2 heterocycles. The summed E-state index contributed by atoms with van der Waals surface area (Å²) in [5.74, 6) is 2.71. The van der Waals surface area contributed by atoms with Crippen LogP contribution in [0.25, 0.3) is 0 Å². The summed E-state index contributed by atoms with van der Waals surface area (Å²) < 4.78 is 6.04. The van der Waals surface area contributed by atoms with Gasteiger partial charge in [0.05, 0.1) is 6.61 Å². The molecule has 3 heteroatoms. The fourth-order valence-corrected chi connectivity index (χ4v) is 4.09. The summed E-state index contributed by atoms with van der Waals surface area (Å²) in [6, 6.07) is 0. The van der Waals surface area contributed by atoms with E-state index < -0.39 is 0 Å². The number of hydrogen-bond acceptors (Lipinski definition) is 3. The van der Waals surface area contributed by atoms with E-state index >= 15 is 0 Å². The van der Waals surface area contributed by atoms with Crippen LogP contribution in [0.1, 0.15) is 32.1 Å². The van der Waals surface area contributed by atoms with Crippen molar-refractivity contribution in [3.8, 4) is 0 Å².